The van der Waals surface area contributed by atoms with Crippen LogP contribution in [0.2, 0.25) is 0 Å². The lowest BCUT2D eigenvalue weighted by Gasteiger charge is -2.34. The number of carbonyl (C=O) groups is 2. The lowest BCUT2D eigenvalue weighted by Crippen LogP contribution is -2.51. The molecule has 2 fully saturated rings. The van der Waals surface area contributed by atoms with Crippen LogP contribution >= 0.6 is 0 Å². The Labute approximate surface area is 107 Å². The van der Waals surface area contributed by atoms with E-state index in [0.29, 0.717) is 0 Å². The lowest BCUT2D eigenvalue weighted by atomic mass is 10.2. The summed E-state index contributed by atoms with van der Waals surface area (Å²) in [4.78, 5) is 25.1. The number of hydrogen-bond acceptors (Lipinski definition) is 4. The molecule has 1 heterocycles. The molecule has 2 atom stereocenters. The molecule has 1 saturated heterocycles. The van der Waals surface area contributed by atoms with E-state index in [4.69, 9.17) is 4.74 Å². The van der Waals surface area contributed by atoms with Crippen molar-refractivity contribution in [1.29, 1.82) is 0 Å². The molecule has 18 heavy (non-hydrogen) atoms. The molecule has 2 aliphatic rings. The first-order valence-corrected chi connectivity index (χ1v) is 6.51. The summed E-state index contributed by atoms with van der Waals surface area (Å²) < 4.78 is 5.59. The van der Waals surface area contributed by atoms with E-state index in [1.54, 1.807) is 0 Å². The van der Waals surface area contributed by atoms with E-state index in [1.807, 2.05) is 18.7 Å². The first kappa shape index (κ1) is 13.3. The molecule has 1 aliphatic heterocycles. The van der Waals surface area contributed by atoms with E-state index in [0.717, 1.165) is 25.9 Å². The second kappa shape index (κ2) is 5.67. The van der Waals surface area contributed by atoms with Gasteiger partial charge in [0.25, 0.3) is 0 Å². The summed E-state index contributed by atoms with van der Waals surface area (Å²) in [6.45, 7) is 5.67. The Balaban J connectivity index is 1.70. The van der Waals surface area contributed by atoms with Crippen LogP contribution in [0.25, 0.3) is 0 Å². The second-order valence-corrected chi connectivity index (χ2v) is 5.25. The highest BCUT2D eigenvalue weighted by molar-refractivity contribution is 5.95. The molecule has 2 rings (SSSR count). The van der Waals surface area contributed by atoms with E-state index >= 15 is 0 Å². The number of urea groups is 1. The third-order valence-electron chi connectivity index (χ3n) is 3.03. The Bertz CT molecular complexity index is 321. The largest absolute Gasteiger partial charge is 0.373 e. The summed E-state index contributed by atoms with van der Waals surface area (Å²) in [5.74, 6) is -0.255. The third-order valence-corrected chi connectivity index (χ3v) is 3.03. The molecule has 0 aromatic rings. The fourth-order valence-electron chi connectivity index (χ4n) is 2.23. The van der Waals surface area contributed by atoms with Crippen molar-refractivity contribution in [2.24, 2.45) is 0 Å². The van der Waals surface area contributed by atoms with Crippen molar-refractivity contribution in [2.75, 3.05) is 19.6 Å². The van der Waals surface area contributed by atoms with Crippen molar-refractivity contribution in [2.45, 2.75) is 44.9 Å². The smallest absolute Gasteiger partial charge is 0.321 e. The third kappa shape index (κ3) is 4.27. The van der Waals surface area contributed by atoms with Gasteiger partial charge in [0.05, 0.1) is 18.8 Å². The maximum absolute atomic E-state index is 11.7. The summed E-state index contributed by atoms with van der Waals surface area (Å²) in [5.41, 5.74) is 0. The molecule has 102 valence electrons. The van der Waals surface area contributed by atoms with Crippen molar-refractivity contribution < 1.29 is 14.3 Å². The molecule has 1 saturated carbocycles. The van der Waals surface area contributed by atoms with E-state index < -0.39 is 0 Å². The van der Waals surface area contributed by atoms with Gasteiger partial charge >= 0.3 is 6.03 Å². The maximum Gasteiger partial charge on any atom is 0.321 e. The van der Waals surface area contributed by atoms with Gasteiger partial charge in [-0.25, -0.2) is 4.79 Å². The molecule has 6 nitrogen and oxygen atoms in total. The summed E-state index contributed by atoms with van der Waals surface area (Å²) in [5, 5.41) is 5.08. The molecule has 0 bridgehead atoms. The molecular weight excluding hydrogens is 234 g/mol. The van der Waals surface area contributed by atoms with E-state index in [9.17, 15) is 9.59 Å². The van der Waals surface area contributed by atoms with Gasteiger partial charge in [0, 0.05) is 19.1 Å². The first-order valence-electron chi connectivity index (χ1n) is 6.51. The molecule has 1 aliphatic carbocycles. The van der Waals surface area contributed by atoms with Crippen LogP contribution in [0.1, 0.15) is 26.7 Å². The van der Waals surface area contributed by atoms with Crippen molar-refractivity contribution in [1.82, 2.24) is 15.5 Å². The van der Waals surface area contributed by atoms with Gasteiger partial charge in [-0.2, -0.15) is 0 Å². The number of carbonyl (C=O) groups excluding carboxylic acids is 2. The molecule has 0 unspecified atom stereocenters. The Hall–Kier alpha value is -1.14. The average molecular weight is 255 g/mol. The van der Waals surface area contributed by atoms with Gasteiger partial charge in [-0.1, -0.05) is 0 Å². The number of amides is 3. The fraction of sp³-hybridized carbons (Fsp3) is 0.833. The van der Waals surface area contributed by atoms with Gasteiger partial charge in [0.1, 0.15) is 0 Å². The van der Waals surface area contributed by atoms with Gasteiger partial charge in [-0.15, -0.1) is 0 Å². The van der Waals surface area contributed by atoms with Crippen LogP contribution in [0, 0.1) is 0 Å². The minimum atomic E-state index is -0.378. The van der Waals surface area contributed by atoms with Crippen LogP contribution < -0.4 is 10.6 Å². The minimum Gasteiger partial charge on any atom is -0.373 e. The first-order chi connectivity index (χ1) is 8.52. The molecule has 0 spiro atoms. The minimum absolute atomic E-state index is 0.127. The molecule has 0 aromatic carbocycles. The van der Waals surface area contributed by atoms with Gasteiger partial charge < -0.3 is 10.1 Å². The summed E-state index contributed by atoms with van der Waals surface area (Å²) in [6.07, 6.45) is 2.28. The zero-order valence-corrected chi connectivity index (χ0v) is 10.9. The molecule has 2 N–H and O–H groups in total. The van der Waals surface area contributed by atoms with Gasteiger partial charge in [0.2, 0.25) is 5.91 Å². The summed E-state index contributed by atoms with van der Waals surface area (Å²) >= 11 is 0. The van der Waals surface area contributed by atoms with Crippen LogP contribution in [0.5, 0.6) is 0 Å². The highest BCUT2D eigenvalue weighted by Crippen LogP contribution is 2.18. The quantitative estimate of drug-likeness (QED) is 0.749. The van der Waals surface area contributed by atoms with Crippen molar-refractivity contribution in [3.05, 3.63) is 0 Å². The van der Waals surface area contributed by atoms with Crippen molar-refractivity contribution >= 4 is 11.9 Å². The maximum atomic E-state index is 11.7. The normalized spacial score (nSPS) is 28.8. The predicted octanol–water partition coefficient (Wildman–Crippen LogP) is 0.0838. The lowest BCUT2D eigenvalue weighted by molar-refractivity contribution is -0.124. The number of rotatable bonds is 3. The number of nitrogens with zero attached hydrogens (tertiary/aromatic N) is 1. The summed E-state index contributed by atoms with van der Waals surface area (Å²) in [6, 6.07) is -0.113. The fourth-order valence-corrected chi connectivity index (χ4v) is 2.23. The molecule has 0 aromatic heterocycles. The highest BCUT2D eigenvalue weighted by atomic mass is 16.5. The Morgan fingerprint density at radius 1 is 1.22 bits per heavy atom. The number of nitrogens with one attached hydrogen (secondary N) is 2. The van der Waals surface area contributed by atoms with Crippen LogP contribution in [-0.2, 0) is 9.53 Å². The Morgan fingerprint density at radius 3 is 2.39 bits per heavy atom. The van der Waals surface area contributed by atoms with E-state index in [2.05, 4.69) is 10.6 Å². The SMILES string of the molecule is C[C@@H]1CN(CC(=O)NC(=O)NC2CC2)C[C@@H](C)O1. The molecule has 0 radical (unpaired) electrons. The monoisotopic (exact) mass is 255 g/mol. The number of ether oxygens (including phenoxy) is 1. The standard InChI is InChI=1S/C12H21N3O3/c1-8-5-15(6-9(2)18-8)7-11(16)14-12(17)13-10-3-4-10/h8-10H,3-7H2,1-2H3,(H2,13,14,16,17)/t8-,9-/m1/s1. The Kier molecular flexibility index (Phi) is 4.19. The highest BCUT2D eigenvalue weighted by Gasteiger charge is 2.26. The second-order valence-electron chi connectivity index (χ2n) is 5.25. The van der Waals surface area contributed by atoms with Crippen LogP contribution in [-0.4, -0.2) is 54.7 Å². The molecular formula is C12H21N3O3. The average Bonchev–Trinajstić information content (AvgIpc) is 2.98. The van der Waals surface area contributed by atoms with Crippen LogP contribution in [0.15, 0.2) is 0 Å². The van der Waals surface area contributed by atoms with E-state index in [-0.39, 0.29) is 36.7 Å². The zero-order valence-electron chi connectivity index (χ0n) is 10.9. The van der Waals surface area contributed by atoms with Crippen LogP contribution in [0.4, 0.5) is 4.79 Å². The number of morpholine rings is 1. The Morgan fingerprint density at radius 2 is 1.83 bits per heavy atom. The zero-order chi connectivity index (χ0) is 13.1. The summed E-state index contributed by atoms with van der Waals surface area (Å²) in [7, 11) is 0. The number of imide groups is 1. The predicted molar refractivity (Wildman–Crippen MR) is 66.1 cm³/mol. The molecule has 6 heteroatoms. The molecule has 3 amide bonds. The van der Waals surface area contributed by atoms with Gasteiger partial charge in [-0.05, 0) is 26.7 Å². The van der Waals surface area contributed by atoms with Gasteiger partial charge in [0.15, 0.2) is 0 Å². The topological polar surface area (TPSA) is 70.7 Å². The van der Waals surface area contributed by atoms with Gasteiger partial charge in [-0.3, -0.25) is 15.0 Å². The van der Waals surface area contributed by atoms with E-state index in [1.165, 1.54) is 0 Å². The van der Waals surface area contributed by atoms with Crippen LogP contribution in [0.3, 0.4) is 0 Å². The number of hydrogen-bond donors (Lipinski definition) is 2. The van der Waals surface area contributed by atoms with Crippen molar-refractivity contribution in [3.8, 4) is 0 Å². The van der Waals surface area contributed by atoms with Crippen molar-refractivity contribution in [3.63, 3.8) is 0 Å².